The minimum absolute atomic E-state index is 0. The minimum atomic E-state index is -1.52. The molecule has 610 valence electrons. The molecule has 0 heterocycles. The maximum atomic E-state index is 10.1. The fourth-order valence-corrected chi connectivity index (χ4v) is 20.7. The highest BCUT2D eigenvalue weighted by atomic mass is 79.9. The monoisotopic (exact) mass is 1770 g/mol. The van der Waals surface area contributed by atoms with Crippen molar-refractivity contribution in [2.75, 3.05) is 0 Å². The van der Waals surface area contributed by atoms with Crippen molar-refractivity contribution in [3.63, 3.8) is 0 Å². The smallest absolute Gasteiger partial charge is 0.423 e. The molecule has 0 aromatic heterocycles. The van der Waals surface area contributed by atoms with Gasteiger partial charge >= 0.3 is 14.2 Å². The van der Waals surface area contributed by atoms with Crippen LogP contribution in [-0.2, 0) is 0 Å². The maximum absolute atomic E-state index is 10.1. The van der Waals surface area contributed by atoms with Gasteiger partial charge in [-0.05, 0) is 252 Å². The first-order valence-electron chi connectivity index (χ1n) is 42.5. The standard InChI is InChI=1S/C38H24.C24H17BO2.C20H15BO2.2C18H11Br.2CH4/c1-2-13-26(14-3-1)36-31-18-8-10-20-33(31)38(34-21-11-9-19-32(34)36)35-24-27-23-22-25-12-4-5-15-28(25)37(27)30-17-7-6-16-29(30)35;26-25(27)24-21-11-5-3-9-19(21)23(20-10-4-6-12-22(20)24)18-14-13-16-7-1-2-8-17(16)15-18;22-21(23)20-17-12-6-4-10-15(17)19(14-8-2-1-3-9-14)16-11-5-7-13-18(16)20;2*19-17-11-13-10-9-12-5-1-2-6-14(12)18(13)16-8-4-3-7-15(16)17;;/h1-24H;1-15,26-27H;1-13,22-23H;2*1-11H;2*1H4. The predicted octanol–water partition coefficient (Wildman–Crippen LogP) is 31.7. The summed E-state index contributed by atoms with van der Waals surface area (Å²) in [7, 11) is -3.03. The molecule has 0 bridgehead atoms. The number of halogens is 2. The highest BCUT2D eigenvalue weighted by Gasteiger charge is 2.26. The van der Waals surface area contributed by atoms with Gasteiger partial charge in [-0.25, -0.2) is 0 Å². The van der Waals surface area contributed by atoms with Gasteiger partial charge in [0, 0.05) is 8.95 Å². The third-order valence-corrected chi connectivity index (χ3v) is 26.3. The first-order chi connectivity index (χ1) is 62.1. The molecule has 128 heavy (non-hydrogen) atoms. The summed E-state index contributed by atoms with van der Waals surface area (Å²) in [5.41, 5.74) is 10.8. The fourth-order valence-electron chi connectivity index (χ4n) is 19.5. The van der Waals surface area contributed by atoms with Gasteiger partial charge in [0.15, 0.2) is 0 Å². The van der Waals surface area contributed by atoms with E-state index in [1.807, 2.05) is 115 Å². The van der Waals surface area contributed by atoms with Gasteiger partial charge < -0.3 is 20.1 Å². The lowest BCUT2D eigenvalue weighted by Gasteiger charge is -2.20. The van der Waals surface area contributed by atoms with Crippen LogP contribution >= 0.6 is 31.9 Å². The lowest BCUT2D eigenvalue weighted by Crippen LogP contribution is -2.31. The molecule has 0 spiro atoms. The molecule has 8 heteroatoms. The number of rotatable bonds is 6. The van der Waals surface area contributed by atoms with Gasteiger partial charge in [-0.2, -0.15) is 0 Å². The average Bonchev–Trinajstić information content (AvgIpc) is 0.746. The molecule has 0 saturated heterocycles. The van der Waals surface area contributed by atoms with E-state index in [1.54, 1.807) is 0 Å². The summed E-state index contributed by atoms with van der Waals surface area (Å²) < 4.78 is 2.32. The number of hydrogen-bond donors (Lipinski definition) is 4. The zero-order chi connectivity index (χ0) is 84.9. The number of fused-ring (bicyclic) bond motifs is 22. The summed E-state index contributed by atoms with van der Waals surface area (Å²) in [5.74, 6) is 0. The highest BCUT2D eigenvalue weighted by molar-refractivity contribution is 9.11. The zero-order valence-corrected chi connectivity index (χ0v) is 71.6. The van der Waals surface area contributed by atoms with Crippen molar-refractivity contribution in [1.82, 2.24) is 0 Å². The Hall–Kier alpha value is -14.4. The van der Waals surface area contributed by atoms with Crippen LogP contribution in [0.5, 0.6) is 0 Å². The van der Waals surface area contributed by atoms with Gasteiger partial charge in [0.2, 0.25) is 0 Å². The Labute approximate surface area is 760 Å². The molecule has 0 aliphatic carbocycles. The third-order valence-electron chi connectivity index (χ3n) is 25.0. The molecule has 4 nitrogen and oxygen atoms in total. The molecule has 0 amide bonds. The Bertz CT molecular complexity index is 8270. The zero-order valence-electron chi connectivity index (χ0n) is 68.4. The Morgan fingerprint density at radius 1 is 0.156 bits per heavy atom. The van der Waals surface area contributed by atoms with Gasteiger partial charge in [0.05, 0.1) is 0 Å². The lowest BCUT2D eigenvalue weighted by atomic mass is 9.72. The van der Waals surface area contributed by atoms with Gasteiger partial charge in [0.25, 0.3) is 0 Å². The Morgan fingerprint density at radius 2 is 0.383 bits per heavy atom. The molecule has 0 radical (unpaired) electrons. The van der Waals surface area contributed by atoms with E-state index in [2.05, 4.69) is 366 Å². The lowest BCUT2D eigenvalue weighted by molar-refractivity contribution is 0.425. The van der Waals surface area contributed by atoms with E-state index >= 15 is 0 Å². The van der Waals surface area contributed by atoms with Gasteiger partial charge in [0.1, 0.15) is 0 Å². The SMILES string of the molecule is Brc1cc2ccc3ccccc3c2c2ccccc12.Brc1cc2ccc3ccccc3c2c2ccccc12.C.C.OB(O)c1c2ccccc2c(-c2ccc3ccccc3c2)c2ccccc12.OB(O)c1c2ccccc2c(-c2ccccc2)c2ccccc12.c1ccc(-c2c3ccccc3c(-c3cc4ccc5ccccc5c4c4ccccc34)c3ccccc23)cc1. The number of hydrogen-bond acceptors (Lipinski definition) is 4. The minimum Gasteiger partial charge on any atom is -0.423 e. The first kappa shape index (κ1) is 83.2. The topological polar surface area (TPSA) is 80.9 Å². The van der Waals surface area contributed by atoms with Crippen LogP contribution in [0.15, 0.2) is 458 Å². The van der Waals surface area contributed by atoms with Crippen molar-refractivity contribution < 1.29 is 20.1 Å². The highest BCUT2D eigenvalue weighted by Crippen LogP contribution is 2.49. The van der Waals surface area contributed by atoms with Gasteiger partial charge in [-0.15, -0.1) is 0 Å². The molecule has 25 rings (SSSR count). The third kappa shape index (κ3) is 15.1. The van der Waals surface area contributed by atoms with Crippen LogP contribution in [0.4, 0.5) is 0 Å². The van der Waals surface area contributed by atoms with Crippen molar-refractivity contribution in [1.29, 1.82) is 0 Å². The molecule has 0 aliphatic rings. The van der Waals surface area contributed by atoms with Crippen molar-refractivity contribution in [2.45, 2.75) is 14.9 Å². The van der Waals surface area contributed by atoms with Crippen LogP contribution in [0, 0.1) is 0 Å². The maximum Gasteiger partial charge on any atom is 0.489 e. The van der Waals surface area contributed by atoms with Crippen LogP contribution in [0.3, 0.4) is 0 Å². The molecule has 4 N–H and O–H groups in total. The predicted molar refractivity (Wildman–Crippen MR) is 563 cm³/mol. The van der Waals surface area contributed by atoms with Crippen LogP contribution < -0.4 is 10.9 Å². The summed E-state index contributed by atoms with van der Waals surface area (Å²) >= 11 is 7.36. The largest absolute Gasteiger partial charge is 0.489 e. The molecule has 25 aromatic rings. The second kappa shape index (κ2) is 35.9. The molecule has 0 atom stereocenters. The van der Waals surface area contributed by atoms with Crippen molar-refractivity contribution >= 4 is 229 Å². The van der Waals surface area contributed by atoms with Gasteiger partial charge in [-0.3, -0.25) is 0 Å². The van der Waals surface area contributed by atoms with Crippen LogP contribution in [0.1, 0.15) is 14.9 Å². The van der Waals surface area contributed by atoms with Crippen LogP contribution in [-0.4, -0.2) is 34.3 Å². The Morgan fingerprint density at radius 3 is 0.727 bits per heavy atom. The van der Waals surface area contributed by atoms with Crippen LogP contribution in [0.2, 0.25) is 0 Å². The summed E-state index contributed by atoms with van der Waals surface area (Å²) in [6.07, 6.45) is 0. The quantitative estimate of drug-likeness (QED) is 0.0760. The van der Waals surface area contributed by atoms with Gasteiger partial charge in [-0.1, -0.05) is 471 Å². The van der Waals surface area contributed by atoms with E-state index in [9.17, 15) is 20.1 Å². The molecule has 0 unspecified atom stereocenters. The normalized spacial score (nSPS) is 11.2. The van der Waals surface area contributed by atoms with E-state index in [1.165, 1.54) is 152 Å². The van der Waals surface area contributed by atoms with Crippen molar-refractivity contribution in [3.05, 3.63) is 458 Å². The van der Waals surface area contributed by atoms with Crippen molar-refractivity contribution in [2.24, 2.45) is 0 Å². The van der Waals surface area contributed by atoms with Crippen molar-refractivity contribution in [3.8, 4) is 44.5 Å². The molecule has 0 aliphatic heterocycles. The summed E-state index contributed by atoms with van der Waals surface area (Å²) in [5, 5.41) is 78.6. The van der Waals surface area contributed by atoms with E-state index in [0.29, 0.717) is 10.9 Å². The summed E-state index contributed by atoms with van der Waals surface area (Å²) in [6.45, 7) is 0. The molecular weight excluding hydrogens is 1690 g/mol. The molecule has 0 fully saturated rings. The van der Waals surface area contributed by atoms with Crippen LogP contribution in [0.25, 0.3) is 217 Å². The first-order valence-corrected chi connectivity index (χ1v) is 44.1. The second-order valence-electron chi connectivity index (χ2n) is 32.1. The van der Waals surface area contributed by atoms with E-state index in [4.69, 9.17) is 0 Å². The van der Waals surface area contributed by atoms with E-state index < -0.39 is 14.2 Å². The fraction of sp³-hybridized carbons (Fsp3) is 0.0167. The summed E-state index contributed by atoms with van der Waals surface area (Å²) in [6, 6.07) is 157. The van der Waals surface area contributed by atoms with E-state index in [0.717, 1.165) is 74.3 Å². The summed E-state index contributed by atoms with van der Waals surface area (Å²) in [4.78, 5) is 0. The molecular formula is C120H86B2Br2O4. The Kier molecular flexibility index (Phi) is 23.3. The second-order valence-corrected chi connectivity index (χ2v) is 33.8. The molecule has 0 saturated carbocycles. The van der Waals surface area contributed by atoms with E-state index in [-0.39, 0.29) is 14.9 Å². The number of benzene rings is 25. The average molecular weight is 1770 g/mol. The molecule has 25 aromatic carbocycles. The Balaban J connectivity index is 0.000000106.